The van der Waals surface area contributed by atoms with Crippen LogP contribution < -0.4 is 5.32 Å². The van der Waals surface area contributed by atoms with E-state index >= 15 is 0 Å². The third-order valence-corrected chi connectivity index (χ3v) is 5.50. The molecule has 0 bridgehead atoms. The summed E-state index contributed by atoms with van der Waals surface area (Å²) in [6.45, 7) is 6.69. The molecule has 1 N–H and O–H groups in total. The van der Waals surface area contributed by atoms with Crippen molar-refractivity contribution < 1.29 is 31.7 Å². The van der Waals surface area contributed by atoms with Crippen LogP contribution in [0.25, 0.3) is 11.1 Å². The van der Waals surface area contributed by atoms with E-state index in [1.165, 1.54) is 0 Å². The van der Waals surface area contributed by atoms with Crippen LogP contribution in [0.2, 0.25) is 0 Å². The van der Waals surface area contributed by atoms with Gasteiger partial charge in [0.15, 0.2) is 0 Å². The van der Waals surface area contributed by atoms with Crippen LogP contribution in [0.15, 0.2) is 54.6 Å². The zero-order valence-electron chi connectivity index (χ0n) is 20.9. The molecule has 2 aromatic carbocycles. The summed E-state index contributed by atoms with van der Waals surface area (Å²) in [5.41, 5.74) is 2.36. The molecule has 2 rings (SSSR count). The van der Waals surface area contributed by atoms with Crippen molar-refractivity contribution in [1.82, 2.24) is 5.32 Å². The van der Waals surface area contributed by atoms with Crippen molar-refractivity contribution in [3.63, 3.8) is 0 Å². The Morgan fingerprint density at radius 1 is 0.971 bits per heavy atom. The van der Waals surface area contributed by atoms with Crippen molar-refractivity contribution in [2.24, 2.45) is 5.92 Å². The third kappa shape index (κ3) is 10.9. The summed E-state index contributed by atoms with van der Waals surface area (Å²) in [4.78, 5) is 25.0. The molecular weight excluding hydrogens is 470 g/mol. The second-order valence-electron chi connectivity index (χ2n) is 9.28. The maximum absolute atomic E-state index is 12.5. The molecule has 0 aliphatic heterocycles. The van der Waals surface area contributed by atoms with Crippen LogP contribution in [-0.2, 0) is 35.0 Å². The Bertz CT molecular complexity index is 1060. The lowest BCUT2D eigenvalue weighted by Gasteiger charge is -2.26. The van der Waals surface area contributed by atoms with Crippen LogP contribution in [0.3, 0.4) is 0 Å². The maximum Gasteiger partial charge on any atom is 0.407 e. The molecule has 1 amide bonds. The van der Waals surface area contributed by atoms with Crippen molar-refractivity contribution in [3.05, 3.63) is 60.2 Å². The lowest BCUT2D eigenvalue weighted by Crippen LogP contribution is -2.42. The summed E-state index contributed by atoms with van der Waals surface area (Å²) in [6, 6.07) is 17.3. The number of carbonyl (C=O) groups is 2. The highest BCUT2D eigenvalue weighted by Gasteiger charge is 2.28. The van der Waals surface area contributed by atoms with Gasteiger partial charge in [-0.1, -0.05) is 54.6 Å². The molecule has 9 heteroatoms. The molecule has 0 aromatic heterocycles. The normalized spacial score (nSPS) is 13.5. The highest BCUT2D eigenvalue weighted by atomic mass is 32.2. The van der Waals surface area contributed by atoms with Gasteiger partial charge in [0, 0.05) is 6.04 Å². The van der Waals surface area contributed by atoms with Gasteiger partial charge in [0.2, 0.25) is 0 Å². The summed E-state index contributed by atoms with van der Waals surface area (Å²) in [6.07, 6.45) is 0.784. The molecule has 2 aromatic rings. The van der Waals surface area contributed by atoms with E-state index in [2.05, 4.69) is 5.32 Å². The lowest BCUT2D eigenvalue weighted by atomic mass is 9.94. The van der Waals surface area contributed by atoms with E-state index in [9.17, 15) is 18.0 Å². The summed E-state index contributed by atoms with van der Waals surface area (Å²) in [5, 5.41) is 2.82. The van der Waals surface area contributed by atoms with Crippen LogP contribution >= 0.6 is 0 Å². The van der Waals surface area contributed by atoms with Gasteiger partial charge < -0.3 is 14.8 Å². The van der Waals surface area contributed by atoms with Crippen LogP contribution in [0, 0.1) is 5.92 Å². The topological polar surface area (TPSA) is 108 Å². The van der Waals surface area contributed by atoms with Gasteiger partial charge in [0.1, 0.15) is 5.60 Å². The fourth-order valence-electron chi connectivity index (χ4n) is 3.46. The quantitative estimate of drug-likeness (QED) is 0.358. The fourth-order valence-corrected chi connectivity index (χ4v) is 3.87. The first-order chi connectivity index (χ1) is 16.4. The van der Waals surface area contributed by atoms with Gasteiger partial charge in [0.25, 0.3) is 10.1 Å². The molecule has 2 unspecified atom stereocenters. The van der Waals surface area contributed by atoms with E-state index in [0.717, 1.165) is 22.9 Å². The predicted molar refractivity (Wildman–Crippen MR) is 134 cm³/mol. The van der Waals surface area contributed by atoms with Crippen LogP contribution in [0.5, 0.6) is 0 Å². The summed E-state index contributed by atoms with van der Waals surface area (Å²) < 4.78 is 38.4. The molecule has 0 heterocycles. The zero-order valence-corrected chi connectivity index (χ0v) is 21.8. The van der Waals surface area contributed by atoms with Gasteiger partial charge in [-0.25, -0.2) is 4.79 Å². The monoisotopic (exact) mass is 505 g/mol. The molecule has 192 valence electrons. The van der Waals surface area contributed by atoms with Gasteiger partial charge in [-0.15, -0.1) is 0 Å². The minimum absolute atomic E-state index is 0.105. The van der Waals surface area contributed by atoms with Gasteiger partial charge in [-0.05, 0) is 57.2 Å². The molecule has 0 fully saturated rings. The van der Waals surface area contributed by atoms with Crippen molar-refractivity contribution in [1.29, 1.82) is 0 Å². The minimum atomic E-state index is -3.76. The second kappa shape index (κ2) is 12.7. The second-order valence-corrected chi connectivity index (χ2v) is 10.9. The van der Waals surface area contributed by atoms with E-state index < -0.39 is 39.7 Å². The van der Waals surface area contributed by atoms with E-state index in [-0.39, 0.29) is 19.6 Å². The van der Waals surface area contributed by atoms with Crippen molar-refractivity contribution in [3.8, 4) is 11.1 Å². The number of alkyl carbamates (subject to hydrolysis) is 1. The third-order valence-electron chi connectivity index (χ3n) is 4.94. The number of rotatable bonds is 11. The number of hydrogen-bond donors (Lipinski definition) is 1. The number of ether oxygens (including phenoxy) is 2. The average Bonchev–Trinajstić information content (AvgIpc) is 2.75. The van der Waals surface area contributed by atoms with Crippen molar-refractivity contribution >= 4 is 22.2 Å². The van der Waals surface area contributed by atoms with E-state index in [0.29, 0.717) is 6.42 Å². The Hall–Kier alpha value is -2.91. The average molecular weight is 506 g/mol. The molecule has 0 spiro atoms. The van der Waals surface area contributed by atoms with Crippen LogP contribution in [-0.4, -0.2) is 51.6 Å². The van der Waals surface area contributed by atoms with Gasteiger partial charge in [0.05, 0.1) is 25.4 Å². The highest BCUT2D eigenvalue weighted by molar-refractivity contribution is 7.85. The molecule has 0 aliphatic carbocycles. The lowest BCUT2D eigenvalue weighted by molar-refractivity contribution is -0.149. The number of hydrogen-bond acceptors (Lipinski definition) is 7. The Morgan fingerprint density at radius 3 is 2.11 bits per heavy atom. The van der Waals surface area contributed by atoms with E-state index in [1.54, 1.807) is 27.7 Å². The Labute approximate surface area is 208 Å². The molecule has 0 saturated carbocycles. The number of carbonyl (C=O) groups excluding carboxylic acids is 2. The first-order valence-electron chi connectivity index (χ1n) is 11.5. The number of benzene rings is 2. The number of esters is 1. The van der Waals surface area contributed by atoms with Gasteiger partial charge in [-0.3, -0.25) is 8.98 Å². The molecule has 0 radical (unpaired) electrons. The largest absolute Gasteiger partial charge is 0.466 e. The molecule has 8 nitrogen and oxygen atoms in total. The smallest absolute Gasteiger partial charge is 0.407 e. The first kappa shape index (κ1) is 28.3. The summed E-state index contributed by atoms with van der Waals surface area (Å²) in [5.74, 6) is -1.49. The maximum atomic E-state index is 12.5. The summed E-state index contributed by atoms with van der Waals surface area (Å²) in [7, 11) is -3.76. The van der Waals surface area contributed by atoms with Gasteiger partial charge >= 0.3 is 12.1 Å². The van der Waals surface area contributed by atoms with Crippen LogP contribution in [0.1, 0.15) is 39.7 Å². The Morgan fingerprint density at radius 2 is 1.57 bits per heavy atom. The molecule has 2 atom stereocenters. The first-order valence-corrected chi connectivity index (χ1v) is 13.3. The Balaban J connectivity index is 2.23. The highest BCUT2D eigenvalue weighted by Crippen LogP contribution is 2.21. The van der Waals surface area contributed by atoms with Crippen molar-refractivity contribution in [2.45, 2.75) is 52.2 Å². The number of amides is 1. The minimum Gasteiger partial charge on any atom is -0.466 e. The standard InChI is InChI=1S/C26H35NO7S/c1-6-32-24(28)22(18-33-35(5,30)31)17-23(27-25(29)34-26(2,3)4)16-19-12-14-21(15-13-19)20-10-8-7-9-11-20/h7-15,22-23H,6,16-18H2,1-5H3,(H,27,29). The van der Waals surface area contributed by atoms with E-state index in [4.69, 9.17) is 13.7 Å². The summed E-state index contributed by atoms with van der Waals surface area (Å²) >= 11 is 0. The van der Waals surface area contributed by atoms with Crippen molar-refractivity contribution in [2.75, 3.05) is 19.5 Å². The molecule has 0 aliphatic rings. The van der Waals surface area contributed by atoms with E-state index in [1.807, 2.05) is 54.6 Å². The SMILES string of the molecule is CCOC(=O)C(COS(C)(=O)=O)CC(Cc1ccc(-c2ccccc2)cc1)NC(=O)OC(C)(C)C. The Kier molecular flexibility index (Phi) is 10.3. The van der Waals surface area contributed by atoms with Crippen LogP contribution in [0.4, 0.5) is 4.79 Å². The molecular formula is C26H35NO7S. The zero-order chi connectivity index (χ0) is 26.1. The predicted octanol–water partition coefficient (Wildman–Crippen LogP) is 4.34. The number of nitrogens with one attached hydrogen (secondary N) is 1. The molecule has 0 saturated heterocycles. The van der Waals surface area contributed by atoms with Gasteiger partial charge in [-0.2, -0.15) is 8.42 Å². The molecule has 35 heavy (non-hydrogen) atoms. The fraction of sp³-hybridized carbons (Fsp3) is 0.462.